The lowest BCUT2D eigenvalue weighted by Gasteiger charge is -2.31. The largest absolute Gasteiger partial charge is 0.459 e. The van der Waals surface area contributed by atoms with Gasteiger partial charge < -0.3 is 25.0 Å². The molecule has 232 valence electrons. The lowest BCUT2D eigenvalue weighted by Crippen LogP contribution is -2.43. The summed E-state index contributed by atoms with van der Waals surface area (Å²) in [4.78, 5) is 35.0. The first kappa shape index (κ1) is 33.3. The number of nitrogens with zero attached hydrogens (tertiary/aromatic N) is 4. The topological polar surface area (TPSA) is 91.6 Å². The quantitative estimate of drug-likeness (QED) is 0.407. The number of carbonyl (C=O) groups is 2. The van der Waals surface area contributed by atoms with Gasteiger partial charge in [-0.05, 0) is 97.5 Å². The molecule has 0 radical (unpaired) electrons. The zero-order valence-corrected chi connectivity index (χ0v) is 26.5. The molecule has 1 aromatic carbocycles. The van der Waals surface area contributed by atoms with E-state index in [1.54, 1.807) is 0 Å². The van der Waals surface area contributed by atoms with Crippen LogP contribution in [0, 0.1) is 5.92 Å². The van der Waals surface area contributed by atoms with Crippen molar-refractivity contribution < 1.29 is 19.1 Å². The molecule has 2 unspecified atom stereocenters. The highest BCUT2D eigenvalue weighted by molar-refractivity contribution is 5.72. The van der Waals surface area contributed by atoms with Gasteiger partial charge in [0.1, 0.15) is 11.2 Å². The van der Waals surface area contributed by atoms with E-state index in [9.17, 15) is 9.59 Å². The fourth-order valence-corrected chi connectivity index (χ4v) is 5.75. The number of ether oxygens (including phenoxy) is 2. The lowest BCUT2D eigenvalue weighted by atomic mass is 9.97. The number of anilines is 1. The third-order valence-electron chi connectivity index (χ3n) is 7.44. The Morgan fingerprint density at radius 3 is 1.56 bits per heavy atom. The number of hydrogen-bond donors (Lipinski definition) is 1. The third-order valence-corrected chi connectivity index (χ3v) is 7.44. The summed E-state index contributed by atoms with van der Waals surface area (Å²) < 4.78 is 11.3. The van der Waals surface area contributed by atoms with Crippen molar-refractivity contribution in [1.29, 1.82) is 0 Å². The summed E-state index contributed by atoms with van der Waals surface area (Å²) in [7, 11) is 0. The van der Waals surface area contributed by atoms with E-state index in [1.807, 2.05) is 53.7 Å². The summed E-state index contributed by atoms with van der Waals surface area (Å²) in [6.07, 6.45) is 2.95. The Balaban J connectivity index is 1.76. The molecule has 0 spiro atoms. The minimum atomic E-state index is -0.480. The normalized spacial score (nSPS) is 24.3. The van der Waals surface area contributed by atoms with Gasteiger partial charge in [-0.1, -0.05) is 12.1 Å². The molecule has 2 saturated heterocycles. The maximum atomic E-state index is 12.7. The average molecular weight is 574 g/mol. The Morgan fingerprint density at radius 2 is 1.15 bits per heavy atom. The van der Waals surface area contributed by atoms with Gasteiger partial charge in [-0.15, -0.1) is 0 Å². The van der Waals surface area contributed by atoms with Crippen LogP contribution < -0.4 is 5.73 Å². The van der Waals surface area contributed by atoms with Crippen molar-refractivity contribution in [1.82, 2.24) is 19.6 Å². The highest BCUT2D eigenvalue weighted by Crippen LogP contribution is 2.18. The molecule has 2 aliphatic heterocycles. The zero-order valence-electron chi connectivity index (χ0n) is 26.5. The Hall–Kier alpha value is -2.20. The molecular weight excluding hydrogens is 518 g/mol. The number of esters is 2. The molecule has 0 saturated carbocycles. The molecule has 0 aliphatic carbocycles. The molecular formula is C32H55N5O4. The monoisotopic (exact) mass is 573 g/mol. The van der Waals surface area contributed by atoms with Crippen LogP contribution in [-0.4, -0.2) is 121 Å². The van der Waals surface area contributed by atoms with Gasteiger partial charge in [0.25, 0.3) is 0 Å². The fourth-order valence-electron chi connectivity index (χ4n) is 5.75. The first-order valence-electron chi connectivity index (χ1n) is 15.4. The summed E-state index contributed by atoms with van der Waals surface area (Å²) in [5.41, 5.74) is 7.11. The van der Waals surface area contributed by atoms with Crippen LogP contribution >= 0.6 is 0 Å². The Labute approximate surface area is 248 Å². The molecule has 3 rings (SSSR count). The number of nitrogens with two attached hydrogens (primary N) is 1. The van der Waals surface area contributed by atoms with E-state index in [2.05, 4.69) is 31.7 Å². The summed E-state index contributed by atoms with van der Waals surface area (Å²) >= 11 is 0. The van der Waals surface area contributed by atoms with E-state index in [1.165, 1.54) is 5.56 Å². The minimum Gasteiger partial charge on any atom is -0.459 e. The molecule has 2 atom stereocenters. The zero-order chi connectivity index (χ0) is 30.0. The minimum absolute atomic E-state index is 0.157. The van der Waals surface area contributed by atoms with E-state index in [4.69, 9.17) is 15.2 Å². The molecule has 2 heterocycles. The highest BCUT2D eigenvalue weighted by atomic mass is 16.6. The number of fused-ring (bicyclic) bond motifs is 4. The molecule has 0 aromatic heterocycles. The average Bonchev–Trinajstić information content (AvgIpc) is 2.88. The van der Waals surface area contributed by atoms with Gasteiger partial charge in [0.15, 0.2) is 0 Å². The van der Waals surface area contributed by atoms with E-state index in [0.717, 1.165) is 90.4 Å². The van der Waals surface area contributed by atoms with E-state index in [-0.39, 0.29) is 11.9 Å². The van der Waals surface area contributed by atoms with Crippen LogP contribution in [0.5, 0.6) is 0 Å². The van der Waals surface area contributed by atoms with Crippen LogP contribution in [-0.2, 0) is 25.5 Å². The van der Waals surface area contributed by atoms with Crippen LogP contribution in [0.1, 0.15) is 59.9 Å². The SMILES string of the molecule is CC(C)(C)OC(=O)CN1CCCN2CCN(CC(=O)OC(C)(C)C)CCCN(CC1)CC(Cc1ccc(N)cc1)C2. The van der Waals surface area contributed by atoms with Gasteiger partial charge in [-0.3, -0.25) is 19.4 Å². The van der Waals surface area contributed by atoms with E-state index in [0.29, 0.717) is 19.0 Å². The molecule has 41 heavy (non-hydrogen) atoms. The molecule has 1 aromatic rings. The number of carbonyl (C=O) groups excluding carboxylic acids is 2. The molecule has 9 heteroatoms. The first-order valence-corrected chi connectivity index (χ1v) is 15.4. The van der Waals surface area contributed by atoms with Gasteiger partial charge in [-0.2, -0.15) is 0 Å². The summed E-state index contributed by atoms with van der Waals surface area (Å²) in [5.74, 6) is 0.153. The fraction of sp³-hybridized carbons (Fsp3) is 0.750. The first-order chi connectivity index (χ1) is 19.2. The van der Waals surface area contributed by atoms with E-state index < -0.39 is 11.2 Å². The Kier molecular flexibility index (Phi) is 12.4. The predicted octanol–water partition coefficient (Wildman–Crippen LogP) is 3.13. The van der Waals surface area contributed by atoms with Crippen molar-refractivity contribution in [3.05, 3.63) is 29.8 Å². The second-order valence-electron chi connectivity index (χ2n) is 13.8. The number of hydrogen-bond acceptors (Lipinski definition) is 9. The van der Waals surface area contributed by atoms with Gasteiger partial charge >= 0.3 is 11.9 Å². The molecule has 2 N–H and O–H groups in total. The van der Waals surface area contributed by atoms with Gasteiger partial charge in [0, 0.05) is 58.0 Å². The van der Waals surface area contributed by atoms with Crippen LogP contribution in [0.4, 0.5) is 5.69 Å². The van der Waals surface area contributed by atoms with Crippen molar-refractivity contribution in [2.75, 3.05) is 84.3 Å². The van der Waals surface area contributed by atoms with Gasteiger partial charge in [0.2, 0.25) is 0 Å². The van der Waals surface area contributed by atoms with Crippen molar-refractivity contribution in [2.24, 2.45) is 5.92 Å². The molecule has 2 fully saturated rings. The standard InChI is InChI=1S/C32H55N5O4/c1-31(2,3)40-29(38)24-36-15-7-13-35-18-20-37(25-30(39)41-32(4,5)6)16-8-14-34(17-19-36)22-27(23-35)21-26-9-11-28(33)12-10-26/h9-12,27H,7-8,13-25,33H2,1-6H3. The number of rotatable bonds is 6. The predicted molar refractivity (Wildman–Crippen MR) is 165 cm³/mol. The summed E-state index contributed by atoms with van der Waals surface area (Å²) in [6.45, 7) is 21.2. The Bertz CT molecular complexity index is 902. The number of benzene rings is 1. The smallest absolute Gasteiger partial charge is 0.320 e. The van der Waals surface area contributed by atoms with Crippen LogP contribution in [0.2, 0.25) is 0 Å². The molecule has 2 aliphatic rings. The van der Waals surface area contributed by atoms with Gasteiger partial charge in [-0.25, -0.2) is 0 Å². The maximum absolute atomic E-state index is 12.7. The van der Waals surface area contributed by atoms with Crippen molar-refractivity contribution in [2.45, 2.75) is 72.0 Å². The summed E-state index contributed by atoms with van der Waals surface area (Å²) in [5, 5.41) is 0. The van der Waals surface area contributed by atoms with Crippen molar-refractivity contribution >= 4 is 17.6 Å². The van der Waals surface area contributed by atoms with Gasteiger partial charge in [0.05, 0.1) is 13.1 Å². The van der Waals surface area contributed by atoms with Crippen molar-refractivity contribution in [3.8, 4) is 0 Å². The van der Waals surface area contributed by atoms with Crippen LogP contribution in [0.15, 0.2) is 24.3 Å². The molecule has 0 amide bonds. The van der Waals surface area contributed by atoms with Crippen LogP contribution in [0.25, 0.3) is 0 Å². The second kappa shape index (κ2) is 15.3. The molecule has 9 nitrogen and oxygen atoms in total. The summed E-state index contributed by atoms with van der Waals surface area (Å²) in [6, 6.07) is 8.29. The highest BCUT2D eigenvalue weighted by Gasteiger charge is 2.26. The van der Waals surface area contributed by atoms with Crippen molar-refractivity contribution in [3.63, 3.8) is 0 Å². The van der Waals surface area contributed by atoms with Crippen LogP contribution in [0.3, 0.4) is 0 Å². The third kappa shape index (κ3) is 13.5. The second-order valence-corrected chi connectivity index (χ2v) is 13.8. The number of nitrogen functional groups attached to an aromatic ring is 1. The van der Waals surface area contributed by atoms with E-state index >= 15 is 0 Å². The Morgan fingerprint density at radius 1 is 0.707 bits per heavy atom. The maximum Gasteiger partial charge on any atom is 0.320 e. The lowest BCUT2D eigenvalue weighted by molar-refractivity contribution is -0.157. The molecule has 2 bridgehead atoms.